The van der Waals surface area contributed by atoms with Crippen LogP contribution in [0, 0.1) is 5.82 Å². The van der Waals surface area contributed by atoms with E-state index < -0.39 is 15.4 Å². The zero-order valence-electron chi connectivity index (χ0n) is 13.8. The van der Waals surface area contributed by atoms with E-state index in [0.29, 0.717) is 18.4 Å². The van der Waals surface area contributed by atoms with Crippen LogP contribution in [-0.4, -0.2) is 36.4 Å². The first-order valence-electron chi connectivity index (χ1n) is 7.97. The van der Waals surface area contributed by atoms with Gasteiger partial charge in [0.05, 0.1) is 22.6 Å². The molecule has 1 amide bonds. The molecule has 1 aromatic heterocycles. The molecule has 5 nitrogen and oxygen atoms in total. The summed E-state index contributed by atoms with van der Waals surface area (Å²) in [6, 6.07) is 9.64. The molecule has 1 N–H and O–H groups in total. The molecule has 0 bridgehead atoms. The number of benzene rings is 1. The normalized spacial score (nSPS) is 21.8. The molecule has 2 heterocycles. The van der Waals surface area contributed by atoms with Crippen LogP contribution in [0.3, 0.4) is 0 Å². The third-order valence-corrected chi connectivity index (χ3v) is 6.18. The maximum Gasteiger partial charge on any atom is 0.253 e. The Morgan fingerprint density at radius 2 is 2.12 bits per heavy atom. The van der Waals surface area contributed by atoms with Crippen molar-refractivity contribution in [2.45, 2.75) is 25.3 Å². The first-order valence-corrected chi connectivity index (χ1v) is 9.79. The number of carbonyl (C=O) groups excluding carboxylic acids is 1. The molecular weight excluding hydrogens is 343 g/mol. The first kappa shape index (κ1) is 17.5. The minimum atomic E-state index is -3.09. The highest BCUT2D eigenvalue weighted by molar-refractivity contribution is 7.91. The highest BCUT2D eigenvalue weighted by atomic mass is 32.2. The number of halogens is 1. The van der Waals surface area contributed by atoms with Gasteiger partial charge in [-0.2, -0.15) is 0 Å². The molecule has 7 heteroatoms. The summed E-state index contributed by atoms with van der Waals surface area (Å²) in [5.74, 6) is -0.594. The molecule has 25 heavy (non-hydrogen) atoms. The maximum atomic E-state index is 13.2. The maximum absolute atomic E-state index is 13.2. The number of amides is 1. The van der Waals surface area contributed by atoms with Crippen LogP contribution >= 0.6 is 0 Å². The number of pyridine rings is 1. The van der Waals surface area contributed by atoms with Gasteiger partial charge in [0.15, 0.2) is 9.84 Å². The fraction of sp³-hybridized carbons (Fsp3) is 0.333. The predicted molar refractivity (Wildman–Crippen MR) is 92.6 cm³/mol. The lowest BCUT2D eigenvalue weighted by molar-refractivity contribution is 0.0915. The molecule has 0 unspecified atom stereocenters. The molecule has 0 spiro atoms. The van der Waals surface area contributed by atoms with E-state index in [1.54, 1.807) is 25.1 Å². The zero-order valence-corrected chi connectivity index (χ0v) is 14.6. The highest BCUT2D eigenvalue weighted by Crippen LogP contribution is 2.23. The van der Waals surface area contributed by atoms with Crippen LogP contribution in [0.4, 0.5) is 4.39 Å². The first-order chi connectivity index (χ1) is 11.7. The van der Waals surface area contributed by atoms with Crippen molar-refractivity contribution in [3.05, 3.63) is 65.2 Å². The Kier molecular flexibility index (Phi) is 4.60. The number of nitrogens with one attached hydrogen (secondary N) is 1. The van der Waals surface area contributed by atoms with Gasteiger partial charge < -0.3 is 5.32 Å². The predicted octanol–water partition coefficient (Wildman–Crippen LogP) is 2.12. The topological polar surface area (TPSA) is 76.1 Å². The van der Waals surface area contributed by atoms with Gasteiger partial charge in [-0.25, -0.2) is 12.8 Å². The van der Waals surface area contributed by atoms with Crippen molar-refractivity contribution in [2.75, 3.05) is 11.5 Å². The van der Waals surface area contributed by atoms with Gasteiger partial charge in [-0.3, -0.25) is 9.78 Å². The number of carbonyl (C=O) groups is 1. The van der Waals surface area contributed by atoms with E-state index in [1.165, 1.54) is 18.3 Å². The van der Waals surface area contributed by atoms with Gasteiger partial charge in [0.2, 0.25) is 0 Å². The van der Waals surface area contributed by atoms with Gasteiger partial charge in [0, 0.05) is 18.3 Å². The molecule has 1 fully saturated rings. The lowest BCUT2D eigenvalue weighted by Crippen LogP contribution is -2.46. The quantitative estimate of drug-likeness (QED) is 0.904. The van der Waals surface area contributed by atoms with E-state index in [4.69, 9.17) is 0 Å². The average Bonchev–Trinajstić information content (AvgIpc) is 2.81. The Balaban J connectivity index is 1.67. The molecule has 1 aliphatic heterocycles. The summed E-state index contributed by atoms with van der Waals surface area (Å²) in [5, 5.41) is 2.80. The molecular formula is C18H19FN2O3S. The number of nitrogens with zero attached hydrogens (tertiary/aromatic N) is 1. The molecule has 1 saturated heterocycles. The third-order valence-electron chi connectivity index (χ3n) is 4.28. The van der Waals surface area contributed by atoms with Crippen molar-refractivity contribution in [1.82, 2.24) is 10.3 Å². The summed E-state index contributed by atoms with van der Waals surface area (Å²) >= 11 is 0. The SMILES string of the molecule is C[C@@]1(NC(=O)c2ccc(Cc3cccc(F)c3)nc2)CCS(=O)(=O)C1. The number of aromatic nitrogens is 1. The molecule has 2 aromatic rings. The van der Waals surface area contributed by atoms with E-state index in [9.17, 15) is 17.6 Å². The van der Waals surface area contributed by atoms with E-state index >= 15 is 0 Å². The van der Waals surface area contributed by atoms with E-state index in [2.05, 4.69) is 10.3 Å². The summed E-state index contributed by atoms with van der Waals surface area (Å²) in [6.45, 7) is 1.74. The second-order valence-corrected chi connectivity index (χ2v) is 8.89. The van der Waals surface area contributed by atoms with Crippen LogP contribution in [0.15, 0.2) is 42.6 Å². The highest BCUT2D eigenvalue weighted by Gasteiger charge is 2.39. The fourth-order valence-corrected chi connectivity index (χ4v) is 5.07. The van der Waals surface area contributed by atoms with Crippen LogP contribution in [-0.2, 0) is 16.3 Å². The minimum absolute atomic E-state index is 0.0448. The van der Waals surface area contributed by atoms with Gasteiger partial charge in [-0.15, -0.1) is 0 Å². The van der Waals surface area contributed by atoms with Crippen LogP contribution in [0.1, 0.15) is 35.0 Å². The summed E-state index contributed by atoms with van der Waals surface area (Å²) in [4.78, 5) is 16.6. The Bertz CT molecular complexity index is 897. The van der Waals surface area contributed by atoms with Gasteiger partial charge in [0.1, 0.15) is 5.82 Å². The molecule has 0 aliphatic carbocycles. The van der Waals surface area contributed by atoms with Gasteiger partial charge in [-0.1, -0.05) is 12.1 Å². The summed E-state index contributed by atoms with van der Waals surface area (Å²) in [7, 11) is -3.09. The van der Waals surface area contributed by atoms with Crippen molar-refractivity contribution < 1.29 is 17.6 Å². The molecule has 3 rings (SSSR count). The van der Waals surface area contributed by atoms with E-state index in [0.717, 1.165) is 11.3 Å². The largest absolute Gasteiger partial charge is 0.346 e. The number of rotatable bonds is 4. The van der Waals surface area contributed by atoms with Gasteiger partial charge >= 0.3 is 0 Å². The zero-order chi connectivity index (χ0) is 18.1. The Morgan fingerprint density at radius 3 is 2.72 bits per heavy atom. The van der Waals surface area contributed by atoms with Crippen LogP contribution in [0.2, 0.25) is 0 Å². The number of hydrogen-bond acceptors (Lipinski definition) is 4. The van der Waals surface area contributed by atoms with Gasteiger partial charge in [-0.05, 0) is 43.2 Å². The molecule has 1 aliphatic rings. The van der Waals surface area contributed by atoms with Crippen molar-refractivity contribution >= 4 is 15.7 Å². The number of hydrogen-bond donors (Lipinski definition) is 1. The van der Waals surface area contributed by atoms with Crippen molar-refractivity contribution in [3.8, 4) is 0 Å². The third kappa shape index (κ3) is 4.42. The van der Waals surface area contributed by atoms with Gasteiger partial charge in [0.25, 0.3) is 5.91 Å². The second kappa shape index (κ2) is 6.55. The van der Waals surface area contributed by atoms with Crippen molar-refractivity contribution in [1.29, 1.82) is 0 Å². The van der Waals surface area contributed by atoms with Crippen molar-refractivity contribution in [2.24, 2.45) is 0 Å². The Hall–Kier alpha value is -2.28. The molecule has 0 radical (unpaired) electrons. The summed E-state index contributed by atoms with van der Waals surface area (Å²) in [5.41, 5.74) is 1.15. The summed E-state index contributed by atoms with van der Waals surface area (Å²) in [6.07, 6.45) is 2.33. The second-order valence-electron chi connectivity index (χ2n) is 6.70. The minimum Gasteiger partial charge on any atom is -0.346 e. The Labute approximate surface area is 146 Å². The Morgan fingerprint density at radius 1 is 1.32 bits per heavy atom. The molecule has 0 saturated carbocycles. The van der Waals surface area contributed by atoms with Crippen LogP contribution in [0.5, 0.6) is 0 Å². The van der Waals surface area contributed by atoms with Crippen LogP contribution < -0.4 is 5.32 Å². The number of sulfone groups is 1. The lowest BCUT2D eigenvalue weighted by atomic mass is 10.0. The van der Waals surface area contributed by atoms with E-state index in [-0.39, 0.29) is 23.2 Å². The molecule has 132 valence electrons. The average molecular weight is 362 g/mol. The van der Waals surface area contributed by atoms with Crippen LogP contribution in [0.25, 0.3) is 0 Å². The summed E-state index contributed by atoms with van der Waals surface area (Å²) < 4.78 is 36.4. The smallest absolute Gasteiger partial charge is 0.253 e. The molecule has 1 aromatic carbocycles. The lowest BCUT2D eigenvalue weighted by Gasteiger charge is -2.23. The van der Waals surface area contributed by atoms with Crippen molar-refractivity contribution in [3.63, 3.8) is 0 Å². The monoisotopic (exact) mass is 362 g/mol. The fourth-order valence-electron chi connectivity index (χ4n) is 2.97. The van der Waals surface area contributed by atoms with E-state index in [1.807, 2.05) is 6.07 Å². The molecule has 1 atom stereocenters. The standard InChI is InChI=1S/C18H19FN2O3S/c1-18(7-8-25(23,24)12-18)21-17(22)14-5-6-16(20-11-14)10-13-3-2-4-15(19)9-13/h2-6,9,11H,7-8,10,12H2,1H3,(H,21,22)/t18-/m1/s1.